The first-order valence-corrected chi connectivity index (χ1v) is 7.47. The van der Waals surface area contributed by atoms with E-state index in [1.165, 1.54) is 43.6 Å². The third kappa shape index (κ3) is 3.49. The first-order valence-electron chi connectivity index (χ1n) is 6.59. The van der Waals surface area contributed by atoms with Crippen LogP contribution in [0.25, 0.3) is 0 Å². The first kappa shape index (κ1) is 13.0. The molecule has 4 heteroatoms. The highest BCUT2D eigenvalue weighted by atomic mass is 32.2. The molecule has 1 fully saturated rings. The molecular weight excluding hydrogens is 230 g/mol. The van der Waals surface area contributed by atoms with E-state index in [0.29, 0.717) is 11.3 Å². The predicted molar refractivity (Wildman–Crippen MR) is 73.3 cm³/mol. The van der Waals surface area contributed by atoms with E-state index in [-0.39, 0.29) is 0 Å². The normalized spacial score (nSPS) is 26.5. The molecule has 0 aliphatic heterocycles. The van der Waals surface area contributed by atoms with E-state index in [4.69, 9.17) is 5.73 Å². The summed E-state index contributed by atoms with van der Waals surface area (Å²) in [5.74, 6) is 0. The number of thioether (sulfide) groups is 1. The highest BCUT2D eigenvalue weighted by Gasteiger charge is 2.21. The lowest BCUT2D eigenvalue weighted by Crippen LogP contribution is -2.33. The Bertz CT molecular complexity index is 362. The van der Waals surface area contributed by atoms with Crippen molar-refractivity contribution in [2.75, 3.05) is 0 Å². The second kappa shape index (κ2) is 5.91. The molecule has 0 aromatic carbocycles. The van der Waals surface area contributed by atoms with Gasteiger partial charge in [0.1, 0.15) is 0 Å². The van der Waals surface area contributed by atoms with Gasteiger partial charge in [-0.3, -0.25) is 4.68 Å². The van der Waals surface area contributed by atoms with Gasteiger partial charge in [-0.05, 0) is 25.8 Å². The average Bonchev–Trinajstić information content (AvgIpc) is 2.57. The number of nitrogens with two attached hydrogens (primary N) is 1. The highest BCUT2D eigenvalue weighted by Crippen LogP contribution is 2.31. The summed E-state index contributed by atoms with van der Waals surface area (Å²) in [6.07, 6.45) is 7.76. The van der Waals surface area contributed by atoms with Crippen molar-refractivity contribution in [2.24, 2.45) is 12.8 Å². The van der Waals surface area contributed by atoms with Crippen molar-refractivity contribution >= 4 is 11.8 Å². The summed E-state index contributed by atoms with van der Waals surface area (Å²) in [7, 11) is 2.02. The van der Waals surface area contributed by atoms with Gasteiger partial charge in [0.15, 0.2) is 0 Å². The van der Waals surface area contributed by atoms with Crippen LogP contribution in [0.5, 0.6) is 0 Å². The zero-order valence-electron chi connectivity index (χ0n) is 10.9. The van der Waals surface area contributed by atoms with Gasteiger partial charge in [-0.25, -0.2) is 0 Å². The number of rotatable bonds is 2. The van der Waals surface area contributed by atoms with Crippen molar-refractivity contribution in [2.45, 2.75) is 61.8 Å². The van der Waals surface area contributed by atoms with Crippen LogP contribution in [0.15, 0.2) is 11.1 Å². The van der Waals surface area contributed by atoms with Gasteiger partial charge in [0.05, 0.1) is 10.7 Å². The minimum Gasteiger partial charge on any atom is -0.327 e. The quantitative estimate of drug-likeness (QED) is 0.881. The molecule has 0 bridgehead atoms. The van der Waals surface area contributed by atoms with E-state index < -0.39 is 0 Å². The second-order valence-corrected chi connectivity index (χ2v) is 6.32. The number of aromatic nitrogens is 2. The Labute approximate surface area is 108 Å². The second-order valence-electron chi connectivity index (χ2n) is 5.06. The Morgan fingerprint density at radius 3 is 2.65 bits per heavy atom. The van der Waals surface area contributed by atoms with Crippen LogP contribution >= 0.6 is 11.8 Å². The number of aryl methyl sites for hydroxylation is 2. The summed E-state index contributed by atoms with van der Waals surface area (Å²) in [6.45, 7) is 2.04. The Hall–Kier alpha value is -0.480. The summed E-state index contributed by atoms with van der Waals surface area (Å²) >= 11 is 1.92. The maximum absolute atomic E-state index is 6.30. The topological polar surface area (TPSA) is 43.8 Å². The molecule has 0 amide bonds. The Morgan fingerprint density at radius 1 is 1.29 bits per heavy atom. The van der Waals surface area contributed by atoms with Crippen molar-refractivity contribution in [3.8, 4) is 0 Å². The molecule has 3 nitrogen and oxygen atoms in total. The number of hydrogen-bond acceptors (Lipinski definition) is 3. The fourth-order valence-corrected chi connectivity index (χ4v) is 3.82. The first-order chi connectivity index (χ1) is 8.16. The summed E-state index contributed by atoms with van der Waals surface area (Å²) in [4.78, 5) is 0. The molecule has 1 aromatic heterocycles. The molecule has 96 valence electrons. The van der Waals surface area contributed by atoms with Crippen molar-refractivity contribution < 1.29 is 0 Å². The van der Waals surface area contributed by atoms with E-state index in [0.717, 1.165) is 5.69 Å². The van der Waals surface area contributed by atoms with E-state index in [2.05, 4.69) is 11.2 Å². The lowest BCUT2D eigenvalue weighted by molar-refractivity contribution is 0.462. The maximum atomic E-state index is 6.30. The highest BCUT2D eigenvalue weighted by molar-refractivity contribution is 7.99. The van der Waals surface area contributed by atoms with Crippen LogP contribution in [0.4, 0.5) is 0 Å². The molecule has 2 unspecified atom stereocenters. The van der Waals surface area contributed by atoms with Crippen LogP contribution in [0.3, 0.4) is 0 Å². The van der Waals surface area contributed by atoms with E-state index in [9.17, 15) is 0 Å². The van der Waals surface area contributed by atoms with Crippen molar-refractivity contribution in [3.05, 3.63) is 11.8 Å². The van der Waals surface area contributed by atoms with Gasteiger partial charge in [-0.15, -0.1) is 11.8 Å². The zero-order chi connectivity index (χ0) is 12.3. The predicted octanol–water partition coefficient (Wildman–Crippen LogP) is 2.87. The van der Waals surface area contributed by atoms with E-state index in [1.54, 1.807) is 0 Å². The number of nitrogens with zero attached hydrogens (tertiary/aromatic N) is 2. The van der Waals surface area contributed by atoms with Gasteiger partial charge >= 0.3 is 0 Å². The largest absolute Gasteiger partial charge is 0.327 e. The van der Waals surface area contributed by atoms with Crippen molar-refractivity contribution in [1.29, 1.82) is 0 Å². The molecule has 2 rings (SSSR count). The summed E-state index contributed by atoms with van der Waals surface area (Å²) < 4.78 is 1.98. The van der Waals surface area contributed by atoms with Crippen LogP contribution in [0.1, 0.15) is 44.2 Å². The Balaban J connectivity index is 2.02. The molecule has 2 atom stereocenters. The van der Waals surface area contributed by atoms with Gasteiger partial charge in [-0.2, -0.15) is 5.10 Å². The summed E-state index contributed by atoms with van der Waals surface area (Å²) in [5.41, 5.74) is 7.39. The van der Waals surface area contributed by atoms with Gasteiger partial charge in [0.2, 0.25) is 0 Å². The standard InChI is InChI=1S/C13H23N3S/c1-10-9-13(16(2)15-10)17-12-8-6-4-3-5-7-11(12)14/h9,11-12H,3-8,14H2,1-2H3. The van der Waals surface area contributed by atoms with E-state index >= 15 is 0 Å². The number of hydrogen-bond donors (Lipinski definition) is 1. The van der Waals surface area contributed by atoms with Crippen molar-refractivity contribution in [1.82, 2.24) is 9.78 Å². The lowest BCUT2D eigenvalue weighted by Gasteiger charge is -2.25. The SMILES string of the molecule is Cc1cc(SC2CCCCCCC2N)n(C)n1. The molecule has 1 aromatic rings. The molecule has 1 aliphatic carbocycles. The molecule has 0 radical (unpaired) electrons. The van der Waals surface area contributed by atoms with Crippen LogP contribution < -0.4 is 5.73 Å². The molecule has 17 heavy (non-hydrogen) atoms. The molecular formula is C13H23N3S. The molecule has 1 heterocycles. The Kier molecular flexibility index (Phi) is 4.51. The molecule has 1 saturated carbocycles. The fourth-order valence-electron chi connectivity index (χ4n) is 2.48. The minimum atomic E-state index is 0.343. The van der Waals surface area contributed by atoms with Gasteiger partial charge in [-0.1, -0.05) is 25.7 Å². The molecule has 0 saturated heterocycles. The summed E-state index contributed by atoms with van der Waals surface area (Å²) in [5, 5.41) is 6.21. The smallest absolute Gasteiger partial charge is 0.0942 e. The molecule has 0 spiro atoms. The van der Waals surface area contributed by atoms with Crippen LogP contribution in [0, 0.1) is 6.92 Å². The third-order valence-electron chi connectivity index (χ3n) is 3.48. The van der Waals surface area contributed by atoms with Gasteiger partial charge in [0, 0.05) is 18.3 Å². The van der Waals surface area contributed by atoms with E-state index in [1.807, 2.05) is 30.4 Å². The third-order valence-corrected chi connectivity index (χ3v) is 5.00. The Morgan fingerprint density at radius 2 is 2.00 bits per heavy atom. The maximum Gasteiger partial charge on any atom is 0.0942 e. The summed E-state index contributed by atoms with van der Waals surface area (Å²) in [6, 6.07) is 2.51. The lowest BCUT2D eigenvalue weighted by atomic mass is 9.97. The monoisotopic (exact) mass is 253 g/mol. The van der Waals surface area contributed by atoms with Crippen LogP contribution in [-0.4, -0.2) is 21.1 Å². The molecule has 2 N–H and O–H groups in total. The van der Waals surface area contributed by atoms with Gasteiger partial charge < -0.3 is 5.73 Å². The van der Waals surface area contributed by atoms with Crippen molar-refractivity contribution in [3.63, 3.8) is 0 Å². The zero-order valence-corrected chi connectivity index (χ0v) is 11.7. The fraction of sp³-hybridized carbons (Fsp3) is 0.769. The molecule has 1 aliphatic rings. The minimum absolute atomic E-state index is 0.343. The average molecular weight is 253 g/mol. The van der Waals surface area contributed by atoms with Crippen LogP contribution in [0.2, 0.25) is 0 Å². The van der Waals surface area contributed by atoms with Crippen LogP contribution in [-0.2, 0) is 7.05 Å². The van der Waals surface area contributed by atoms with Gasteiger partial charge in [0.25, 0.3) is 0 Å².